The van der Waals surface area contributed by atoms with Crippen molar-refractivity contribution in [3.63, 3.8) is 0 Å². The zero-order chi connectivity index (χ0) is 27.6. The lowest BCUT2D eigenvalue weighted by atomic mass is 9.89. The highest BCUT2D eigenvalue weighted by atomic mass is 16.6. The first-order valence-electron chi connectivity index (χ1n) is 13.0. The molecule has 9 heteroatoms. The summed E-state index contributed by atoms with van der Waals surface area (Å²) in [6, 6.07) is 10.3. The van der Waals surface area contributed by atoms with Crippen molar-refractivity contribution in [3.05, 3.63) is 60.0 Å². The van der Waals surface area contributed by atoms with Crippen molar-refractivity contribution in [2.75, 3.05) is 23.8 Å². The molecule has 0 saturated heterocycles. The summed E-state index contributed by atoms with van der Waals surface area (Å²) in [5.41, 5.74) is 4.54. The molecule has 0 spiro atoms. The highest BCUT2D eigenvalue weighted by Gasteiger charge is 2.33. The lowest BCUT2D eigenvalue weighted by Crippen LogP contribution is -2.43. The van der Waals surface area contributed by atoms with Crippen molar-refractivity contribution in [1.29, 1.82) is 0 Å². The summed E-state index contributed by atoms with van der Waals surface area (Å²) in [6.45, 7) is 12.3. The van der Waals surface area contributed by atoms with Gasteiger partial charge in [0.2, 0.25) is 5.91 Å². The Morgan fingerprint density at radius 3 is 2.63 bits per heavy atom. The summed E-state index contributed by atoms with van der Waals surface area (Å²) in [6.07, 6.45) is 6.02. The number of amides is 2. The summed E-state index contributed by atoms with van der Waals surface area (Å²) in [7, 11) is 1.72. The van der Waals surface area contributed by atoms with E-state index in [4.69, 9.17) is 4.74 Å². The minimum atomic E-state index is -0.533. The SMILES string of the molecule is CC(=O)N1c2ccc(-c3cnn(CCN(C)C(=O)OC(C)(C)C)c3)cc2[C@H](Nc2cc(C)ccn2)C[C@@H]1C. The van der Waals surface area contributed by atoms with E-state index in [1.54, 1.807) is 25.1 Å². The number of fused-ring (bicyclic) bond motifs is 1. The molecule has 202 valence electrons. The fraction of sp³-hybridized carbons (Fsp3) is 0.448. The predicted molar refractivity (Wildman–Crippen MR) is 149 cm³/mol. The van der Waals surface area contributed by atoms with Crippen LogP contribution < -0.4 is 10.2 Å². The minimum absolute atomic E-state index is 0.00220. The van der Waals surface area contributed by atoms with Gasteiger partial charge in [0.25, 0.3) is 0 Å². The molecule has 1 N–H and O–H groups in total. The van der Waals surface area contributed by atoms with Crippen LogP contribution in [0.3, 0.4) is 0 Å². The predicted octanol–water partition coefficient (Wildman–Crippen LogP) is 5.42. The number of hydrogen-bond donors (Lipinski definition) is 1. The van der Waals surface area contributed by atoms with E-state index in [-0.39, 0.29) is 24.1 Å². The van der Waals surface area contributed by atoms with E-state index in [2.05, 4.69) is 28.4 Å². The van der Waals surface area contributed by atoms with Crippen LogP contribution in [0.2, 0.25) is 0 Å². The van der Waals surface area contributed by atoms with Crippen LogP contribution in [0.4, 0.5) is 16.3 Å². The molecule has 0 bridgehead atoms. The molecule has 4 rings (SSSR count). The van der Waals surface area contributed by atoms with Crippen LogP contribution >= 0.6 is 0 Å². The van der Waals surface area contributed by atoms with Gasteiger partial charge in [-0.25, -0.2) is 9.78 Å². The number of nitrogens with zero attached hydrogens (tertiary/aromatic N) is 5. The number of anilines is 2. The summed E-state index contributed by atoms with van der Waals surface area (Å²) in [5.74, 6) is 0.845. The first-order chi connectivity index (χ1) is 17.9. The number of likely N-dealkylation sites (N-methyl/N-ethyl adjacent to an activating group) is 1. The van der Waals surface area contributed by atoms with Gasteiger partial charge in [-0.3, -0.25) is 9.48 Å². The van der Waals surface area contributed by atoms with Gasteiger partial charge in [-0.2, -0.15) is 5.10 Å². The van der Waals surface area contributed by atoms with E-state index in [0.29, 0.717) is 13.1 Å². The molecule has 3 heterocycles. The Labute approximate surface area is 224 Å². The fourth-order valence-electron chi connectivity index (χ4n) is 4.77. The number of carbonyl (C=O) groups is 2. The van der Waals surface area contributed by atoms with E-state index in [9.17, 15) is 9.59 Å². The highest BCUT2D eigenvalue weighted by molar-refractivity contribution is 5.94. The molecule has 2 atom stereocenters. The van der Waals surface area contributed by atoms with E-state index in [1.165, 1.54) is 0 Å². The third-order valence-corrected chi connectivity index (χ3v) is 6.59. The van der Waals surface area contributed by atoms with Crippen LogP contribution in [0.5, 0.6) is 0 Å². The number of hydrogen-bond acceptors (Lipinski definition) is 6. The average molecular weight is 519 g/mol. The normalized spacial score (nSPS) is 17.1. The molecule has 2 aromatic heterocycles. The zero-order valence-electron chi connectivity index (χ0n) is 23.4. The van der Waals surface area contributed by atoms with Crippen molar-refractivity contribution in [2.24, 2.45) is 0 Å². The minimum Gasteiger partial charge on any atom is -0.444 e. The standard InChI is InChI=1S/C29H38N6O3/c1-19-10-11-30-27(14-19)32-25-15-20(2)35(21(3)36)26-9-8-22(16-24(25)26)23-17-31-34(18-23)13-12-33(7)28(37)38-29(4,5)6/h8-11,14,16-18,20,25H,12-13,15H2,1-7H3,(H,30,32)/t20-,25+/m0/s1. The largest absolute Gasteiger partial charge is 0.444 e. The maximum absolute atomic E-state index is 12.5. The fourth-order valence-corrected chi connectivity index (χ4v) is 4.77. The topological polar surface area (TPSA) is 92.6 Å². The highest BCUT2D eigenvalue weighted by Crippen LogP contribution is 2.41. The number of pyridine rings is 1. The van der Waals surface area contributed by atoms with Crippen LogP contribution in [-0.4, -0.2) is 56.9 Å². The number of rotatable bonds is 6. The number of nitrogens with one attached hydrogen (secondary N) is 1. The van der Waals surface area contributed by atoms with E-state index in [0.717, 1.165) is 40.2 Å². The van der Waals surface area contributed by atoms with Crippen LogP contribution in [0.25, 0.3) is 11.1 Å². The molecule has 0 fully saturated rings. The molecule has 1 aromatic carbocycles. The summed E-state index contributed by atoms with van der Waals surface area (Å²) in [4.78, 5) is 32.7. The first kappa shape index (κ1) is 27.2. The molecular weight excluding hydrogens is 480 g/mol. The molecule has 38 heavy (non-hydrogen) atoms. The molecule has 0 radical (unpaired) electrons. The molecule has 3 aromatic rings. The van der Waals surface area contributed by atoms with Gasteiger partial charge in [-0.05, 0) is 82.0 Å². The van der Waals surface area contributed by atoms with Gasteiger partial charge in [0.1, 0.15) is 11.4 Å². The summed E-state index contributed by atoms with van der Waals surface area (Å²) in [5, 5.41) is 8.10. The van der Waals surface area contributed by atoms with Crippen LogP contribution in [0, 0.1) is 6.92 Å². The Kier molecular flexibility index (Phi) is 7.76. The van der Waals surface area contributed by atoms with Gasteiger partial charge in [0.15, 0.2) is 0 Å². The van der Waals surface area contributed by atoms with Gasteiger partial charge in [0, 0.05) is 50.2 Å². The Morgan fingerprint density at radius 1 is 1.18 bits per heavy atom. The van der Waals surface area contributed by atoms with E-state index >= 15 is 0 Å². The lowest BCUT2D eigenvalue weighted by Gasteiger charge is -2.39. The quantitative estimate of drug-likeness (QED) is 0.469. The Bertz CT molecular complexity index is 1310. The third kappa shape index (κ3) is 6.33. The number of aromatic nitrogens is 3. The Hall–Kier alpha value is -3.88. The van der Waals surface area contributed by atoms with E-state index < -0.39 is 5.60 Å². The Morgan fingerprint density at radius 2 is 1.95 bits per heavy atom. The van der Waals surface area contributed by atoms with Gasteiger partial charge < -0.3 is 19.9 Å². The molecular formula is C29H38N6O3. The second-order valence-electron chi connectivity index (χ2n) is 11.1. The summed E-state index contributed by atoms with van der Waals surface area (Å²) >= 11 is 0. The smallest absolute Gasteiger partial charge is 0.410 e. The second kappa shape index (κ2) is 10.8. The van der Waals surface area contributed by atoms with Gasteiger partial charge in [0.05, 0.1) is 18.8 Å². The van der Waals surface area contributed by atoms with Crippen LogP contribution in [-0.2, 0) is 16.1 Å². The number of ether oxygens (including phenoxy) is 1. The van der Waals surface area contributed by atoms with Crippen LogP contribution in [0.1, 0.15) is 58.2 Å². The maximum Gasteiger partial charge on any atom is 0.410 e. The van der Waals surface area contributed by atoms with Crippen molar-refractivity contribution in [1.82, 2.24) is 19.7 Å². The van der Waals surface area contributed by atoms with E-state index in [1.807, 2.05) is 73.9 Å². The van der Waals surface area contributed by atoms with Gasteiger partial charge in [-0.15, -0.1) is 0 Å². The Balaban J connectivity index is 1.56. The molecule has 1 aliphatic heterocycles. The molecule has 2 amide bonds. The molecule has 9 nitrogen and oxygen atoms in total. The van der Waals surface area contributed by atoms with Crippen molar-refractivity contribution >= 4 is 23.5 Å². The number of carbonyl (C=O) groups excluding carboxylic acids is 2. The number of benzene rings is 1. The maximum atomic E-state index is 12.5. The van der Waals surface area contributed by atoms with Crippen molar-refractivity contribution in [3.8, 4) is 11.1 Å². The van der Waals surface area contributed by atoms with Crippen molar-refractivity contribution in [2.45, 2.75) is 72.2 Å². The van der Waals surface area contributed by atoms with Crippen LogP contribution in [0.15, 0.2) is 48.9 Å². The molecule has 1 aliphatic rings. The number of aryl methyl sites for hydroxylation is 1. The monoisotopic (exact) mass is 518 g/mol. The summed E-state index contributed by atoms with van der Waals surface area (Å²) < 4.78 is 7.25. The van der Waals surface area contributed by atoms with Crippen molar-refractivity contribution < 1.29 is 14.3 Å². The molecule has 0 saturated carbocycles. The first-order valence-corrected chi connectivity index (χ1v) is 13.0. The molecule has 0 unspecified atom stereocenters. The average Bonchev–Trinajstić information content (AvgIpc) is 3.30. The zero-order valence-corrected chi connectivity index (χ0v) is 23.4. The molecule has 0 aliphatic carbocycles. The third-order valence-electron chi connectivity index (χ3n) is 6.59. The van der Waals surface area contributed by atoms with Gasteiger partial charge >= 0.3 is 6.09 Å². The lowest BCUT2D eigenvalue weighted by molar-refractivity contribution is -0.117. The second-order valence-corrected chi connectivity index (χ2v) is 11.1. The van der Waals surface area contributed by atoms with Gasteiger partial charge in [-0.1, -0.05) is 6.07 Å².